The van der Waals surface area contributed by atoms with E-state index in [0.717, 1.165) is 11.3 Å². The first-order valence-electron chi connectivity index (χ1n) is 4.84. The van der Waals surface area contributed by atoms with Crippen LogP contribution in [0.1, 0.15) is 19.8 Å². The molecule has 1 unspecified atom stereocenters. The minimum absolute atomic E-state index is 0.168. The molecule has 1 heterocycles. The van der Waals surface area contributed by atoms with Crippen molar-refractivity contribution in [1.82, 2.24) is 4.72 Å². The number of halogens is 1. The maximum atomic E-state index is 11.9. The van der Waals surface area contributed by atoms with Crippen molar-refractivity contribution in [1.29, 1.82) is 0 Å². The fourth-order valence-corrected chi connectivity index (χ4v) is 4.90. The van der Waals surface area contributed by atoms with Crippen LogP contribution in [0, 0.1) is 0 Å². The van der Waals surface area contributed by atoms with Gasteiger partial charge in [0, 0.05) is 10.5 Å². The van der Waals surface area contributed by atoms with Crippen LogP contribution in [-0.4, -0.2) is 25.5 Å². The third-order valence-corrected chi connectivity index (χ3v) is 6.25. The number of sulfonamides is 1. The highest BCUT2D eigenvalue weighted by molar-refractivity contribution is 9.10. The normalized spacial score (nSPS) is 13.5. The van der Waals surface area contributed by atoms with E-state index in [4.69, 9.17) is 5.11 Å². The molecule has 0 radical (unpaired) electrons. The summed E-state index contributed by atoms with van der Waals surface area (Å²) in [6.45, 7) is 1.74. The Balaban J connectivity index is 2.86. The minimum Gasteiger partial charge on any atom is -0.481 e. The maximum absolute atomic E-state index is 11.9. The average Bonchev–Trinajstić information content (AvgIpc) is 2.63. The summed E-state index contributed by atoms with van der Waals surface area (Å²) in [5, 5.41) is 10.3. The van der Waals surface area contributed by atoms with Crippen molar-refractivity contribution in [2.75, 3.05) is 0 Å². The van der Waals surface area contributed by atoms with E-state index in [0.29, 0.717) is 10.9 Å². The Morgan fingerprint density at radius 1 is 1.65 bits per heavy atom. The van der Waals surface area contributed by atoms with Crippen LogP contribution in [-0.2, 0) is 14.8 Å². The van der Waals surface area contributed by atoms with Crippen molar-refractivity contribution in [3.63, 3.8) is 0 Å². The van der Waals surface area contributed by atoms with Crippen molar-refractivity contribution in [2.45, 2.75) is 30.0 Å². The van der Waals surface area contributed by atoms with Crippen LogP contribution in [0.3, 0.4) is 0 Å². The van der Waals surface area contributed by atoms with Crippen LogP contribution in [0.5, 0.6) is 0 Å². The van der Waals surface area contributed by atoms with E-state index in [2.05, 4.69) is 20.7 Å². The lowest BCUT2D eigenvalue weighted by molar-refractivity contribution is -0.137. The van der Waals surface area contributed by atoms with Gasteiger partial charge in [0.15, 0.2) is 0 Å². The Labute approximate surface area is 112 Å². The fourth-order valence-electron chi connectivity index (χ4n) is 1.22. The van der Waals surface area contributed by atoms with Gasteiger partial charge in [-0.05, 0) is 33.8 Å². The lowest BCUT2D eigenvalue weighted by Crippen LogP contribution is -2.35. The smallest absolute Gasteiger partial charge is 0.304 e. The fraction of sp³-hybridized carbons (Fsp3) is 0.444. The lowest BCUT2D eigenvalue weighted by Gasteiger charge is -2.14. The Morgan fingerprint density at radius 3 is 2.71 bits per heavy atom. The predicted molar refractivity (Wildman–Crippen MR) is 68.7 cm³/mol. The summed E-state index contributed by atoms with van der Waals surface area (Å²) in [6, 6.07) is 1.05. The molecule has 0 spiro atoms. The molecule has 96 valence electrons. The first-order valence-corrected chi connectivity index (χ1v) is 7.99. The van der Waals surface area contributed by atoms with Crippen LogP contribution in [0.25, 0.3) is 0 Å². The zero-order valence-corrected chi connectivity index (χ0v) is 12.2. The van der Waals surface area contributed by atoms with Gasteiger partial charge in [-0.3, -0.25) is 4.79 Å². The van der Waals surface area contributed by atoms with E-state index in [1.807, 2.05) is 0 Å². The Bertz CT molecular complexity index is 497. The molecule has 0 amide bonds. The SMILES string of the molecule is CCC(CC(=O)O)NS(=O)(=O)c1sccc1Br. The van der Waals surface area contributed by atoms with Crippen LogP contribution in [0.2, 0.25) is 0 Å². The molecule has 0 fully saturated rings. The van der Waals surface area contributed by atoms with Crippen LogP contribution in [0.4, 0.5) is 0 Å². The van der Waals surface area contributed by atoms with Gasteiger partial charge in [-0.1, -0.05) is 6.92 Å². The molecule has 0 saturated heterocycles. The van der Waals surface area contributed by atoms with Crippen LogP contribution in [0.15, 0.2) is 20.1 Å². The number of rotatable bonds is 6. The number of carboxylic acid groups (broad SMARTS) is 1. The molecule has 1 aromatic rings. The van der Waals surface area contributed by atoms with E-state index in [9.17, 15) is 13.2 Å². The Morgan fingerprint density at radius 2 is 2.29 bits per heavy atom. The van der Waals surface area contributed by atoms with E-state index in [1.54, 1.807) is 18.4 Å². The summed E-state index contributed by atoms with van der Waals surface area (Å²) in [5.41, 5.74) is 0. The van der Waals surface area contributed by atoms with Crippen molar-refractivity contribution in [3.8, 4) is 0 Å². The highest BCUT2D eigenvalue weighted by Gasteiger charge is 2.23. The summed E-state index contributed by atoms with van der Waals surface area (Å²) in [6.07, 6.45) is 0.202. The summed E-state index contributed by atoms with van der Waals surface area (Å²) in [5.74, 6) is -1.02. The topological polar surface area (TPSA) is 83.5 Å². The van der Waals surface area contributed by atoms with Gasteiger partial charge in [0.1, 0.15) is 4.21 Å². The third-order valence-electron chi connectivity index (χ3n) is 2.06. The van der Waals surface area contributed by atoms with Gasteiger partial charge >= 0.3 is 5.97 Å². The van der Waals surface area contributed by atoms with E-state index in [-0.39, 0.29) is 10.6 Å². The second-order valence-corrected chi connectivity index (χ2v) is 7.06. The number of hydrogen-bond donors (Lipinski definition) is 2. The van der Waals surface area contributed by atoms with Crippen LogP contribution < -0.4 is 4.72 Å². The molecule has 0 aliphatic carbocycles. The van der Waals surface area contributed by atoms with Crippen LogP contribution >= 0.6 is 27.3 Å². The lowest BCUT2D eigenvalue weighted by atomic mass is 10.2. The summed E-state index contributed by atoms with van der Waals surface area (Å²) in [4.78, 5) is 10.6. The summed E-state index contributed by atoms with van der Waals surface area (Å²) in [7, 11) is -3.65. The molecule has 8 heteroatoms. The number of thiophene rings is 1. The van der Waals surface area contributed by atoms with Gasteiger partial charge in [-0.15, -0.1) is 11.3 Å². The van der Waals surface area contributed by atoms with Gasteiger partial charge in [0.2, 0.25) is 0 Å². The molecule has 1 atom stereocenters. The summed E-state index contributed by atoms with van der Waals surface area (Å²) >= 11 is 4.22. The molecule has 0 aromatic carbocycles. The maximum Gasteiger partial charge on any atom is 0.304 e. The highest BCUT2D eigenvalue weighted by Crippen LogP contribution is 2.27. The first kappa shape index (κ1) is 14.6. The van der Waals surface area contributed by atoms with Gasteiger partial charge in [-0.2, -0.15) is 0 Å². The third kappa shape index (κ3) is 4.06. The predicted octanol–water partition coefficient (Wildman–Crippen LogP) is 2.04. The van der Waals surface area contributed by atoms with Crippen molar-refractivity contribution >= 4 is 43.3 Å². The number of aliphatic carboxylic acids is 1. The van der Waals surface area contributed by atoms with Crippen molar-refractivity contribution in [2.24, 2.45) is 0 Å². The first-order chi connectivity index (χ1) is 7.86. The number of hydrogen-bond acceptors (Lipinski definition) is 4. The largest absolute Gasteiger partial charge is 0.481 e. The molecule has 0 aliphatic rings. The van der Waals surface area contributed by atoms with Gasteiger partial charge < -0.3 is 5.11 Å². The Kier molecular flexibility index (Phi) is 5.11. The molecule has 5 nitrogen and oxygen atoms in total. The molecule has 0 bridgehead atoms. The molecule has 17 heavy (non-hydrogen) atoms. The van der Waals surface area contributed by atoms with E-state index < -0.39 is 22.0 Å². The quantitative estimate of drug-likeness (QED) is 0.829. The number of carboxylic acids is 1. The minimum atomic E-state index is -3.65. The average molecular weight is 342 g/mol. The van der Waals surface area contributed by atoms with Crippen molar-refractivity contribution < 1.29 is 18.3 Å². The standard InChI is InChI=1S/C9H12BrNO4S2/c1-2-6(5-8(12)13)11-17(14,15)9-7(10)3-4-16-9/h3-4,6,11H,2,5H2,1H3,(H,12,13). The van der Waals surface area contributed by atoms with E-state index >= 15 is 0 Å². The molecule has 1 aromatic heterocycles. The monoisotopic (exact) mass is 341 g/mol. The molecule has 0 aliphatic heterocycles. The van der Waals surface area contributed by atoms with Gasteiger partial charge in [0.05, 0.1) is 6.42 Å². The molecular weight excluding hydrogens is 330 g/mol. The summed E-state index contributed by atoms with van der Waals surface area (Å²) < 4.78 is 26.9. The van der Waals surface area contributed by atoms with Gasteiger partial charge in [0.25, 0.3) is 10.0 Å². The molecule has 1 rings (SSSR count). The van der Waals surface area contributed by atoms with E-state index in [1.165, 1.54) is 0 Å². The van der Waals surface area contributed by atoms with Crippen molar-refractivity contribution in [3.05, 3.63) is 15.9 Å². The second kappa shape index (κ2) is 5.94. The Hall–Kier alpha value is -0.440. The highest BCUT2D eigenvalue weighted by atomic mass is 79.9. The zero-order chi connectivity index (χ0) is 13.1. The molecular formula is C9H12BrNO4S2. The number of carbonyl (C=O) groups is 1. The van der Waals surface area contributed by atoms with Gasteiger partial charge in [-0.25, -0.2) is 13.1 Å². The zero-order valence-electron chi connectivity index (χ0n) is 9.01. The number of nitrogens with one attached hydrogen (secondary N) is 1. The second-order valence-electron chi connectivity index (χ2n) is 3.38. The molecule has 0 saturated carbocycles. The molecule has 2 N–H and O–H groups in total.